The lowest BCUT2D eigenvalue weighted by molar-refractivity contribution is -0.142. The van der Waals surface area contributed by atoms with Gasteiger partial charge in [0.2, 0.25) is 17.7 Å². The molecule has 2 rings (SSSR count). The molecule has 0 radical (unpaired) electrons. The van der Waals surface area contributed by atoms with E-state index in [1.165, 1.54) is 19.4 Å². The number of imidazole rings is 1. The van der Waals surface area contributed by atoms with Gasteiger partial charge in [-0.2, -0.15) is 0 Å². The van der Waals surface area contributed by atoms with Gasteiger partial charge in [-0.3, -0.25) is 19.4 Å². The van der Waals surface area contributed by atoms with Crippen molar-refractivity contribution in [2.75, 3.05) is 6.54 Å². The lowest BCUT2D eigenvalue weighted by atomic mass is 10.0. The normalized spacial score (nSPS) is 14.6. The maximum absolute atomic E-state index is 13.2. The average Bonchev–Trinajstić information content (AvgIpc) is 3.41. The average molecular weight is 560 g/mol. The Bertz CT molecular complexity index is 1140. The van der Waals surface area contributed by atoms with Gasteiger partial charge in [-0.1, -0.05) is 30.3 Å². The highest BCUT2D eigenvalue weighted by Gasteiger charge is 2.32. The van der Waals surface area contributed by atoms with E-state index in [-0.39, 0.29) is 38.2 Å². The molecule has 0 aliphatic heterocycles. The van der Waals surface area contributed by atoms with Crippen LogP contribution in [0, 0.1) is 0 Å². The summed E-state index contributed by atoms with van der Waals surface area (Å²) in [6, 6.07) is 4.02. The number of nitrogens with zero attached hydrogens (tertiary/aromatic N) is 2. The summed E-state index contributed by atoms with van der Waals surface area (Å²) in [6.45, 7) is 1.47. The van der Waals surface area contributed by atoms with Crippen LogP contribution in [-0.4, -0.2) is 86.6 Å². The predicted octanol–water partition coefficient (Wildman–Crippen LogP) is -2.50. The molecule has 15 nitrogen and oxygen atoms in total. The number of amides is 3. The van der Waals surface area contributed by atoms with E-state index < -0.39 is 54.0 Å². The molecule has 5 unspecified atom stereocenters. The summed E-state index contributed by atoms with van der Waals surface area (Å²) in [4.78, 5) is 61.2. The molecule has 1 aromatic carbocycles. The molecule has 0 bridgehead atoms. The van der Waals surface area contributed by atoms with Crippen molar-refractivity contribution in [3.63, 3.8) is 0 Å². The van der Waals surface area contributed by atoms with Gasteiger partial charge in [0.15, 0.2) is 5.96 Å². The number of aliphatic carboxylic acids is 1. The van der Waals surface area contributed by atoms with Crippen LogP contribution in [0.15, 0.2) is 47.8 Å². The molecule has 2 aromatic rings. The Kier molecular flexibility index (Phi) is 12.5. The molecule has 15 heteroatoms. The molecule has 1 aromatic heterocycles. The molecule has 12 N–H and O–H groups in total. The van der Waals surface area contributed by atoms with Crippen LogP contribution in [0.5, 0.6) is 0 Å². The topological polar surface area (TPSA) is 264 Å². The van der Waals surface area contributed by atoms with Crippen molar-refractivity contribution >= 4 is 29.7 Å². The summed E-state index contributed by atoms with van der Waals surface area (Å²) >= 11 is 0. The van der Waals surface area contributed by atoms with Crippen LogP contribution in [0.3, 0.4) is 0 Å². The van der Waals surface area contributed by atoms with Crippen LogP contribution in [0.2, 0.25) is 0 Å². The number of benzene rings is 1. The number of aromatic nitrogens is 2. The summed E-state index contributed by atoms with van der Waals surface area (Å²) in [5.74, 6) is -3.76. The van der Waals surface area contributed by atoms with Crippen LogP contribution in [-0.2, 0) is 32.0 Å². The Morgan fingerprint density at radius 3 is 2.25 bits per heavy atom. The van der Waals surface area contributed by atoms with E-state index in [9.17, 15) is 29.4 Å². The second-order valence-electron chi connectivity index (χ2n) is 9.21. The van der Waals surface area contributed by atoms with Gasteiger partial charge in [0.05, 0.1) is 18.5 Å². The molecule has 0 aliphatic rings. The Labute approximate surface area is 231 Å². The lowest BCUT2D eigenvalue weighted by Crippen LogP contribution is -2.60. The molecule has 1 heterocycles. The number of carboxylic acids is 1. The van der Waals surface area contributed by atoms with Gasteiger partial charge >= 0.3 is 5.97 Å². The number of carbonyl (C=O) groups excluding carboxylic acids is 3. The Hall–Kier alpha value is -4.50. The molecule has 40 heavy (non-hydrogen) atoms. The van der Waals surface area contributed by atoms with Crippen LogP contribution in [0.1, 0.15) is 31.0 Å². The van der Waals surface area contributed by atoms with E-state index in [1.54, 1.807) is 24.3 Å². The van der Waals surface area contributed by atoms with Crippen LogP contribution >= 0.6 is 0 Å². The molecule has 0 aliphatic carbocycles. The van der Waals surface area contributed by atoms with Gasteiger partial charge in [-0.15, -0.1) is 0 Å². The summed E-state index contributed by atoms with van der Waals surface area (Å²) in [7, 11) is 0. The zero-order valence-electron chi connectivity index (χ0n) is 22.1. The number of guanidine groups is 1. The van der Waals surface area contributed by atoms with Gasteiger partial charge in [0, 0.05) is 24.9 Å². The molecule has 3 amide bonds. The van der Waals surface area contributed by atoms with E-state index >= 15 is 0 Å². The zero-order valence-corrected chi connectivity index (χ0v) is 22.1. The summed E-state index contributed by atoms with van der Waals surface area (Å²) in [6.07, 6.45) is 1.89. The summed E-state index contributed by atoms with van der Waals surface area (Å²) < 4.78 is 0. The standard InChI is InChI=1S/C25H37N9O6/c1-14(35)20(34-21(36)17(26)10-15-6-3-2-4-7-15)23(38)33-19(11-16-12-29-13-31-16)22(37)32-18(24(39)40)8-5-9-30-25(27)28/h2-4,6-7,12-14,17-20,35H,5,8-11,26H2,1H3,(H,29,31)(H,32,37)(H,33,38)(H,34,36)(H,39,40)(H4,27,28,30). The molecular weight excluding hydrogens is 522 g/mol. The van der Waals surface area contributed by atoms with E-state index in [0.717, 1.165) is 5.56 Å². The molecule has 0 saturated heterocycles. The maximum atomic E-state index is 13.2. The lowest BCUT2D eigenvalue weighted by Gasteiger charge is -2.26. The van der Waals surface area contributed by atoms with Crippen molar-refractivity contribution in [3.05, 3.63) is 54.1 Å². The second kappa shape index (κ2) is 15.8. The number of aromatic amines is 1. The van der Waals surface area contributed by atoms with Crippen molar-refractivity contribution < 1.29 is 29.4 Å². The molecule has 5 atom stereocenters. The number of hydrogen-bond acceptors (Lipinski definition) is 8. The third-order valence-electron chi connectivity index (χ3n) is 5.87. The Morgan fingerprint density at radius 2 is 1.68 bits per heavy atom. The van der Waals surface area contributed by atoms with Gasteiger partial charge < -0.3 is 48.3 Å². The van der Waals surface area contributed by atoms with Crippen molar-refractivity contribution in [1.82, 2.24) is 25.9 Å². The quantitative estimate of drug-likeness (QED) is 0.0592. The number of carboxylic acid groups (broad SMARTS) is 1. The van der Waals surface area contributed by atoms with Gasteiger partial charge in [0.25, 0.3) is 0 Å². The van der Waals surface area contributed by atoms with Crippen molar-refractivity contribution in [2.45, 2.75) is 62.9 Å². The first-order valence-corrected chi connectivity index (χ1v) is 12.6. The zero-order chi connectivity index (χ0) is 29.7. The smallest absolute Gasteiger partial charge is 0.326 e. The fourth-order valence-electron chi connectivity index (χ4n) is 3.75. The van der Waals surface area contributed by atoms with Gasteiger partial charge in [0.1, 0.15) is 18.1 Å². The molecule has 0 saturated carbocycles. The molecule has 0 fully saturated rings. The minimum Gasteiger partial charge on any atom is -0.480 e. The SMILES string of the molecule is CC(O)C(NC(=O)C(N)Cc1ccccc1)C(=O)NC(Cc1cnc[nH]1)C(=O)NC(CCCN=C(N)N)C(=O)O. The first-order valence-electron chi connectivity index (χ1n) is 12.6. The Morgan fingerprint density at radius 1 is 1.00 bits per heavy atom. The fraction of sp³-hybridized carbons (Fsp3) is 0.440. The number of aliphatic hydroxyl groups excluding tert-OH is 1. The van der Waals surface area contributed by atoms with Crippen LogP contribution in [0.4, 0.5) is 0 Å². The van der Waals surface area contributed by atoms with Crippen molar-refractivity contribution in [1.29, 1.82) is 0 Å². The minimum absolute atomic E-state index is 0.0221. The monoisotopic (exact) mass is 559 g/mol. The number of nitrogens with one attached hydrogen (secondary N) is 4. The largest absolute Gasteiger partial charge is 0.480 e. The molecule has 218 valence electrons. The number of hydrogen-bond donors (Lipinski definition) is 9. The van der Waals surface area contributed by atoms with E-state index in [4.69, 9.17) is 17.2 Å². The van der Waals surface area contributed by atoms with Gasteiger partial charge in [-0.25, -0.2) is 9.78 Å². The number of carbonyl (C=O) groups is 4. The minimum atomic E-state index is -1.44. The maximum Gasteiger partial charge on any atom is 0.326 e. The number of nitrogens with two attached hydrogens (primary N) is 3. The third-order valence-corrected chi connectivity index (χ3v) is 5.87. The predicted molar refractivity (Wildman–Crippen MR) is 145 cm³/mol. The highest BCUT2D eigenvalue weighted by molar-refractivity contribution is 5.94. The number of H-pyrrole nitrogens is 1. The van der Waals surface area contributed by atoms with E-state index in [2.05, 4.69) is 30.9 Å². The second-order valence-corrected chi connectivity index (χ2v) is 9.21. The summed E-state index contributed by atoms with van der Waals surface area (Å²) in [5.41, 5.74) is 17.8. The number of aliphatic hydroxyl groups is 1. The van der Waals surface area contributed by atoms with Crippen molar-refractivity contribution in [3.8, 4) is 0 Å². The highest BCUT2D eigenvalue weighted by atomic mass is 16.4. The van der Waals surface area contributed by atoms with Crippen LogP contribution < -0.4 is 33.2 Å². The molecular formula is C25H37N9O6. The molecule has 0 spiro atoms. The van der Waals surface area contributed by atoms with E-state index in [1.807, 2.05) is 6.07 Å². The highest BCUT2D eigenvalue weighted by Crippen LogP contribution is 2.06. The number of aliphatic imine (C=N–C) groups is 1. The number of rotatable bonds is 16. The third kappa shape index (κ3) is 10.7. The van der Waals surface area contributed by atoms with Gasteiger partial charge in [-0.05, 0) is 31.7 Å². The fourth-order valence-corrected chi connectivity index (χ4v) is 3.75. The van der Waals surface area contributed by atoms with Crippen LogP contribution in [0.25, 0.3) is 0 Å². The Balaban J connectivity index is 2.11. The van der Waals surface area contributed by atoms with E-state index in [0.29, 0.717) is 5.69 Å². The first-order chi connectivity index (χ1) is 19.0. The van der Waals surface area contributed by atoms with Crippen molar-refractivity contribution in [2.24, 2.45) is 22.2 Å². The summed E-state index contributed by atoms with van der Waals surface area (Å²) in [5, 5.41) is 27.2. The first kappa shape index (κ1) is 31.7.